The first-order valence-electron chi connectivity index (χ1n) is 8.92. The van der Waals surface area contributed by atoms with Crippen LogP contribution < -0.4 is 4.74 Å². The molecule has 23 heavy (non-hydrogen) atoms. The van der Waals surface area contributed by atoms with E-state index in [0.29, 0.717) is 6.10 Å². The quantitative estimate of drug-likeness (QED) is 0.805. The summed E-state index contributed by atoms with van der Waals surface area (Å²) in [4.78, 5) is 5.07. The molecule has 2 aliphatic heterocycles. The number of ether oxygens (including phenoxy) is 2. The van der Waals surface area contributed by atoms with Crippen LogP contribution in [-0.2, 0) is 17.8 Å². The molecule has 0 atom stereocenters. The van der Waals surface area contributed by atoms with Crippen LogP contribution in [0.15, 0.2) is 18.2 Å². The van der Waals surface area contributed by atoms with Crippen molar-refractivity contribution < 1.29 is 9.47 Å². The van der Waals surface area contributed by atoms with E-state index in [-0.39, 0.29) is 0 Å². The minimum absolute atomic E-state index is 0.452. The highest BCUT2D eigenvalue weighted by molar-refractivity contribution is 5.37. The maximum atomic E-state index is 5.57. The molecular formula is C19H30N2O2. The molecule has 0 N–H and O–H groups in total. The van der Waals surface area contributed by atoms with Crippen LogP contribution in [0.5, 0.6) is 5.75 Å². The van der Waals surface area contributed by atoms with E-state index in [1.165, 1.54) is 37.1 Å². The van der Waals surface area contributed by atoms with Gasteiger partial charge in [0.1, 0.15) is 5.75 Å². The molecule has 0 amide bonds. The van der Waals surface area contributed by atoms with E-state index in [1.54, 1.807) is 7.11 Å². The van der Waals surface area contributed by atoms with E-state index in [1.807, 2.05) is 7.11 Å². The second-order valence-electron chi connectivity index (χ2n) is 6.84. The van der Waals surface area contributed by atoms with E-state index in [2.05, 4.69) is 28.0 Å². The van der Waals surface area contributed by atoms with Crippen LogP contribution in [0, 0.1) is 0 Å². The number of methoxy groups -OCH3 is 2. The Morgan fingerprint density at radius 1 is 0.957 bits per heavy atom. The Labute approximate surface area is 140 Å². The third-order valence-electron chi connectivity index (χ3n) is 5.21. The molecule has 0 bridgehead atoms. The molecule has 2 saturated heterocycles. The summed E-state index contributed by atoms with van der Waals surface area (Å²) in [6.45, 7) is 6.75. The molecule has 2 fully saturated rings. The fraction of sp³-hybridized carbons (Fsp3) is 0.684. The van der Waals surface area contributed by atoms with Gasteiger partial charge in [0.25, 0.3) is 0 Å². The summed E-state index contributed by atoms with van der Waals surface area (Å²) in [5.41, 5.74) is 2.73. The van der Waals surface area contributed by atoms with Gasteiger partial charge in [-0.3, -0.25) is 9.80 Å². The third-order valence-corrected chi connectivity index (χ3v) is 5.21. The number of hydrogen-bond acceptors (Lipinski definition) is 4. The minimum atomic E-state index is 0.452. The summed E-state index contributed by atoms with van der Waals surface area (Å²) in [6.07, 6.45) is 5.40. The fourth-order valence-corrected chi connectivity index (χ4v) is 3.80. The Morgan fingerprint density at radius 3 is 2.30 bits per heavy atom. The summed E-state index contributed by atoms with van der Waals surface area (Å²) in [7, 11) is 3.60. The van der Waals surface area contributed by atoms with E-state index >= 15 is 0 Å². The van der Waals surface area contributed by atoms with Gasteiger partial charge in [-0.2, -0.15) is 0 Å². The molecule has 0 saturated carbocycles. The molecule has 4 heteroatoms. The molecule has 128 valence electrons. The SMILES string of the molecule is COc1ccc(CN2CCC(OC)CC2)cc1CN1CCCC1. The first-order chi connectivity index (χ1) is 11.3. The minimum Gasteiger partial charge on any atom is -0.496 e. The van der Waals surface area contributed by atoms with Gasteiger partial charge in [0.05, 0.1) is 13.2 Å². The monoisotopic (exact) mass is 318 g/mol. The van der Waals surface area contributed by atoms with Crippen LogP contribution in [-0.4, -0.2) is 56.3 Å². The smallest absolute Gasteiger partial charge is 0.123 e. The van der Waals surface area contributed by atoms with Crippen LogP contribution in [0.25, 0.3) is 0 Å². The fourth-order valence-electron chi connectivity index (χ4n) is 3.80. The molecule has 3 rings (SSSR count). The Kier molecular flexibility index (Phi) is 5.92. The van der Waals surface area contributed by atoms with Crippen molar-refractivity contribution in [1.82, 2.24) is 9.80 Å². The van der Waals surface area contributed by atoms with Crippen molar-refractivity contribution in [3.63, 3.8) is 0 Å². The largest absolute Gasteiger partial charge is 0.496 e. The second kappa shape index (κ2) is 8.13. The molecule has 0 aromatic heterocycles. The van der Waals surface area contributed by atoms with E-state index < -0.39 is 0 Å². The van der Waals surface area contributed by atoms with Gasteiger partial charge in [-0.25, -0.2) is 0 Å². The molecule has 0 radical (unpaired) electrons. The maximum absolute atomic E-state index is 5.57. The highest BCUT2D eigenvalue weighted by Gasteiger charge is 2.19. The van der Waals surface area contributed by atoms with Gasteiger partial charge in [0, 0.05) is 38.9 Å². The first-order valence-corrected chi connectivity index (χ1v) is 8.92. The molecule has 0 unspecified atom stereocenters. The number of nitrogens with zero attached hydrogens (tertiary/aromatic N) is 2. The molecule has 2 aliphatic rings. The first kappa shape index (κ1) is 16.7. The average Bonchev–Trinajstić information content (AvgIpc) is 3.09. The number of likely N-dealkylation sites (tertiary alicyclic amines) is 2. The average molecular weight is 318 g/mol. The lowest BCUT2D eigenvalue weighted by molar-refractivity contribution is 0.0388. The lowest BCUT2D eigenvalue weighted by Gasteiger charge is -2.31. The summed E-state index contributed by atoms with van der Waals surface area (Å²) >= 11 is 0. The van der Waals surface area contributed by atoms with Crippen LogP contribution >= 0.6 is 0 Å². The van der Waals surface area contributed by atoms with Gasteiger partial charge in [-0.15, -0.1) is 0 Å². The predicted octanol–water partition coefficient (Wildman–Crippen LogP) is 2.90. The lowest BCUT2D eigenvalue weighted by Crippen LogP contribution is -2.36. The zero-order chi connectivity index (χ0) is 16.1. The van der Waals surface area contributed by atoms with Crippen LogP contribution in [0.3, 0.4) is 0 Å². The van der Waals surface area contributed by atoms with Crippen LogP contribution in [0.2, 0.25) is 0 Å². The number of hydrogen-bond donors (Lipinski definition) is 0. The summed E-state index contributed by atoms with van der Waals surface area (Å²) in [5, 5.41) is 0. The van der Waals surface area contributed by atoms with Gasteiger partial charge >= 0.3 is 0 Å². The zero-order valence-corrected chi connectivity index (χ0v) is 14.6. The van der Waals surface area contributed by atoms with Crippen molar-refractivity contribution in [2.45, 2.75) is 44.9 Å². The molecule has 0 aliphatic carbocycles. The Morgan fingerprint density at radius 2 is 1.65 bits per heavy atom. The predicted molar refractivity (Wildman–Crippen MR) is 92.8 cm³/mol. The van der Waals surface area contributed by atoms with Gasteiger partial charge in [0.2, 0.25) is 0 Å². The van der Waals surface area contributed by atoms with Crippen LogP contribution in [0.4, 0.5) is 0 Å². The number of benzene rings is 1. The van der Waals surface area contributed by atoms with Gasteiger partial charge in [-0.1, -0.05) is 6.07 Å². The molecule has 2 heterocycles. The highest BCUT2D eigenvalue weighted by Crippen LogP contribution is 2.25. The normalized spacial score (nSPS) is 21.0. The Hall–Kier alpha value is -1.10. The van der Waals surface area contributed by atoms with Gasteiger partial charge in [0.15, 0.2) is 0 Å². The van der Waals surface area contributed by atoms with Crippen LogP contribution in [0.1, 0.15) is 36.8 Å². The van der Waals surface area contributed by atoms with Crippen molar-refractivity contribution >= 4 is 0 Å². The second-order valence-corrected chi connectivity index (χ2v) is 6.84. The van der Waals surface area contributed by atoms with Crippen molar-refractivity contribution in [3.8, 4) is 5.75 Å². The topological polar surface area (TPSA) is 24.9 Å². The molecule has 1 aromatic rings. The van der Waals surface area contributed by atoms with Crippen molar-refractivity contribution in [2.24, 2.45) is 0 Å². The van der Waals surface area contributed by atoms with E-state index in [4.69, 9.17) is 9.47 Å². The van der Waals surface area contributed by atoms with E-state index in [0.717, 1.165) is 44.8 Å². The summed E-state index contributed by atoms with van der Waals surface area (Å²) in [5.74, 6) is 1.03. The molecule has 4 nitrogen and oxygen atoms in total. The highest BCUT2D eigenvalue weighted by atomic mass is 16.5. The maximum Gasteiger partial charge on any atom is 0.123 e. The van der Waals surface area contributed by atoms with Crippen molar-refractivity contribution in [1.29, 1.82) is 0 Å². The van der Waals surface area contributed by atoms with E-state index in [9.17, 15) is 0 Å². The number of piperidine rings is 1. The molecular weight excluding hydrogens is 288 g/mol. The zero-order valence-electron chi connectivity index (χ0n) is 14.6. The van der Waals surface area contributed by atoms with Gasteiger partial charge in [-0.05, 0) is 56.5 Å². The third kappa shape index (κ3) is 4.46. The Bertz CT molecular complexity index is 492. The summed E-state index contributed by atoms with van der Waals surface area (Å²) < 4.78 is 11.0. The lowest BCUT2D eigenvalue weighted by atomic mass is 10.0. The standard InChI is InChI=1S/C19H30N2O2/c1-22-18-7-11-21(12-8-18)14-16-5-6-19(23-2)17(13-16)15-20-9-3-4-10-20/h5-6,13,18H,3-4,7-12,14-15H2,1-2H3. The summed E-state index contributed by atoms with van der Waals surface area (Å²) in [6, 6.07) is 6.71. The molecule has 1 aromatic carbocycles. The van der Waals surface area contributed by atoms with Gasteiger partial charge < -0.3 is 9.47 Å². The van der Waals surface area contributed by atoms with Crippen molar-refractivity contribution in [3.05, 3.63) is 29.3 Å². The Balaban J connectivity index is 1.63. The molecule has 0 spiro atoms. The number of rotatable bonds is 6. The van der Waals surface area contributed by atoms with Crippen molar-refractivity contribution in [2.75, 3.05) is 40.4 Å².